The number of hydrogen-bond donors (Lipinski definition) is 4. The smallest absolute Gasteiger partial charge is 0.323 e. The second kappa shape index (κ2) is 8.86. The van der Waals surface area contributed by atoms with Crippen LogP contribution in [0, 0.1) is 0 Å². The van der Waals surface area contributed by atoms with Crippen molar-refractivity contribution < 1.29 is 9.53 Å². The largest absolute Gasteiger partial charge is 0.464 e. The molecule has 0 saturated heterocycles. The Bertz CT molecular complexity index is 427. The van der Waals surface area contributed by atoms with Gasteiger partial charge in [-0.05, 0) is 13.3 Å². The van der Waals surface area contributed by atoms with Crippen LogP contribution in [0.15, 0.2) is 0 Å². The molecule has 1 aromatic heterocycles. The van der Waals surface area contributed by atoms with Crippen molar-refractivity contribution in [2.45, 2.75) is 26.7 Å². The summed E-state index contributed by atoms with van der Waals surface area (Å²) in [5.74, 6) is 5.75. The molecule has 1 aromatic rings. The number of anilines is 2. The van der Waals surface area contributed by atoms with Crippen molar-refractivity contribution in [3.8, 4) is 6.01 Å². The van der Waals surface area contributed by atoms with E-state index in [0.717, 1.165) is 6.42 Å². The molecule has 112 valence electrons. The quantitative estimate of drug-likeness (QED) is 0.365. The van der Waals surface area contributed by atoms with Crippen LogP contribution < -0.4 is 26.6 Å². The van der Waals surface area contributed by atoms with Crippen molar-refractivity contribution in [1.82, 2.24) is 20.3 Å². The standard InChI is InChI=1S/C11H21N7O2/c1-3-6-13-8(19)5-7-14-9-15-10(18-12)17-11(16-9)20-4-2/h3-7,12H2,1-2H3,(H,13,19)(H2,14,15,16,17,18). The molecule has 9 heteroatoms. The maximum Gasteiger partial charge on any atom is 0.323 e. The number of aromatic nitrogens is 3. The number of carbonyl (C=O) groups is 1. The summed E-state index contributed by atoms with van der Waals surface area (Å²) in [5, 5.41) is 5.71. The number of hydrogen-bond acceptors (Lipinski definition) is 8. The number of nitrogen functional groups attached to an aromatic ring is 1. The molecule has 0 aromatic carbocycles. The molecule has 0 aliphatic carbocycles. The van der Waals surface area contributed by atoms with E-state index in [1.807, 2.05) is 13.8 Å². The minimum absolute atomic E-state index is 0.0180. The maximum absolute atomic E-state index is 11.4. The molecule has 0 spiro atoms. The highest BCUT2D eigenvalue weighted by molar-refractivity contribution is 5.76. The first kappa shape index (κ1) is 15.9. The molecular formula is C11H21N7O2. The fourth-order valence-electron chi connectivity index (χ4n) is 1.33. The van der Waals surface area contributed by atoms with Gasteiger partial charge in [0.05, 0.1) is 6.61 Å². The summed E-state index contributed by atoms with van der Waals surface area (Å²) in [5.41, 5.74) is 2.33. The summed E-state index contributed by atoms with van der Waals surface area (Å²) in [4.78, 5) is 23.4. The molecule has 1 heterocycles. The molecule has 1 rings (SSSR count). The van der Waals surface area contributed by atoms with Crippen molar-refractivity contribution >= 4 is 17.8 Å². The molecule has 0 saturated carbocycles. The molecule has 0 aliphatic heterocycles. The van der Waals surface area contributed by atoms with Gasteiger partial charge < -0.3 is 15.4 Å². The molecule has 5 N–H and O–H groups in total. The number of hydrazine groups is 1. The van der Waals surface area contributed by atoms with Crippen LogP contribution in [0.1, 0.15) is 26.7 Å². The first-order valence-corrected chi connectivity index (χ1v) is 6.55. The van der Waals surface area contributed by atoms with Gasteiger partial charge in [0, 0.05) is 19.5 Å². The zero-order valence-electron chi connectivity index (χ0n) is 11.8. The first-order chi connectivity index (χ1) is 9.69. The summed E-state index contributed by atoms with van der Waals surface area (Å²) in [7, 11) is 0. The van der Waals surface area contributed by atoms with E-state index in [1.165, 1.54) is 0 Å². The van der Waals surface area contributed by atoms with Crippen LogP contribution in [-0.2, 0) is 4.79 Å². The van der Waals surface area contributed by atoms with Crippen LogP contribution in [0.25, 0.3) is 0 Å². The summed E-state index contributed by atoms with van der Waals surface area (Å²) in [6.45, 7) is 5.35. The molecule has 0 atom stereocenters. The highest BCUT2D eigenvalue weighted by atomic mass is 16.5. The second-order valence-electron chi connectivity index (χ2n) is 3.87. The molecule has 0 radical (unpaired) electrons. The SMILES string of the molecule is CCCNC(=O)CCNc1nc(NN)nc(OCC)n1. The van der Waals surface area contributed by atoms with Gasteiger partial charge in [0.25, 0.3) is 0 Å². The Kier molecular flexibility index (Phi) is 7.04. The van der Waals surface area contributed by atoms with E-state index >= 15 is 0 Å². The highest BCUT2D eigenvalue weighted by Crippen LogP contribution is 2.10. The van der Waals surface area contributed by atoms with E-state index in [4.69, 9.17) is 10.6 Å². The Balaban J connectivity index is 2.50. The first-order valence-electron chi connectivity index (χ1n) is 6.55. The lowest BCUT2D eigenvalue weighted by atomic mass is 10.4. The molecule has 0 bridgehead atoms. The third-order valence-corrected chi connectivity index (χ3v) is 2.22. The minimum Gasteiger partial charge on any atom is -0.464 e. The van der Waals surface area contributed by atoms with Gasteiger partial charge in [0.15, 0.2) is 0 Å². The van der Waals surface area contributed by atoms with E-state index in [1.54, 1.807) is 0 Å². The number of ether oxygens (including phenoxy) is 1. The lowest BCUT2D eigenvalue weighted by Gasteiger charge is -2.08. The number of nitrogens with two attached hydrogens (primary N) is 1. The summed E-state index contributed by atoms with van der Waals surface area (Å²) < 4.78 is 5.19. The Labute approximate surface area is 117 Å². The lowest BCUT2D eigenvalue weighted by Crippen LogP contribution is -2.26. The fourth-order valence-corrected chi connectivity index (χ4v) is 1.33. The molecular weight excluding hydrogens is 262 g/mol. The van der Waals surface area contributed by atoms with Crippen LogP contribution >= 0.6 is 0 Å². The average molecular weight is 283 g/mol. The lowest BCUT2D eigenvalue weighted by molar-refractivity contribution is -0.120. The Morgan fingerprint density at radius 3 is 2.60 bits per heavy atom. The van der Waals surface area contributed by atoms with E-state index in [-0.39, 0.29) is 17.9 Å². The minimum atomic E-state index is -0.0180. The number of nitrogens with zero attached hydrogens (tertiary/aromatic N) is 3. The van der Waals surface area contributed by atoms with Crippen molar-refractivity contribution in [3.05, 3.63) is 0 Å². The highest BCUT2D eigenvalue weighted by Gasteiger charge is 2.07. The number of carbonyl (C=O) groups excluding carboxylic acids is 1. The van der Waals surface area contributed by atoms with Crippen molar-refractivity contribution in [1.29, 1.82) is 0 Å². The summed E-state index contributed by atoms with van der Waals surface area (Å²) in [6.07, 6.45) is 1.25. The van der Waals surface area contributed by atoms with E-state index in [2.05, 4.69) is 31.0 Å². The second-order valence-corrected chi connectivity index (χ2v) is 3.87. The molecule has 0 unspecified atom stereocenters. The van der Waals surface area contributed by atoms with Gasteiger partial charge in [-0.25, -0.2) is 5.84 Å². The molecule has 0 fully saturated rings. The van der Waals surface area contributed by atoms with E-state index in [9.17, 15) is 4.79 Å². The number of amides is 1. The average Bonchev–Trinajstić information content (AvgIpc) is 2.45. The number of nitrogens with one attached hydrogen (secondary N) is 3. The Morgan fingerprint density at radius 1 is 1.20 bits per heavy atom. The Hall–Kier alpha value is -2.16. The van der Waals surface area contributed by atoms with Crippen LogP contribution in [0.3, 0.4) is 0 Å². The summed E-state index contributed by atoms with van der Waals surface area (Å²) in [6, 6.07) is 0.174. The zero-order chi connectivity index (χ0) is 14.8. The monoisotopic (exact) mass is 283 g/mol. The predicted octanol–water partition coefficient (Wildman–Crippen LogP) is -0.116. The summed E-state index contributed by atoms with van der Waals surface area (Å²) >= 11 is 0. The van der Waals surface area contributed by atoms with Gasteiger partial charge in [-0.2, -0.15) is 15.0 Å². The van der Waals surface area contributed by atoms with Crippen LogP contribution in [0.4, 0.5) is 11.9 Å². The van der Waals surface area contributed by atoms with Gasteiger partial charge >= 0.3 is 6.01 Å². The Morgan fingerprint density at radius 2 is 1.95 bits per heavy atom. The van der Waals surface area contributed by atoms with E-state index < -0.39 is 0 Å². The van der Waals surface area contributed by atoms with Crippen molar-refractivity contribution in [2.75, 3.05) is 30.4 Å². The maximum atomic E-state index is 11.4. The zero-order valence-corrected chi connectivity index (χ0v) is 11.8. The van der Waals surface area contributed by atoms with Crippen molar-refractivity contribution in [2.24, 2.45) is 5.84 Å². The van der Waals surface area contributed by atoms with Gasteiger partial charge in [-0.1, -0.05) is 6.92 Å². The molecule has 1 amide bonds. The van der Waals surface area contributed by atoms with Gasteiger partial charge in [0.2, 0.25) is 17.8 Å². The third kappa shape index (κ3) is 5.65. The van der Waals surface area contributed by atoms with Crippen LogP contribution in [-0.4, -0.2) is 40.6 Å². The van der Waals surface area contributed by atoms with Crippen LogP contribution in [0.2, 0.25) is 0 Å². The van der Waals surface area contributed by atoms with Gasteiger partial charge in [-0.15, -0.1) is 0 Å². The normalized spacial score (nSPS) is 9.95. The fraction of sp³-hybridized carbons (Fsp3) is 0.636. The number of rotatable bonds is 9. The van der Waals surface area contributed by atoms with Gasteiger partial charge in [0.1, 0.15) is 0 Å². The topological polar surface area (TPSA) is 127 Å². The molecule has 0 aliphatic rings. The predicted molar refractivity (Wildman–Crippen MR) is 75.2 cm³/mol. The van der Waals surface area contributed by atoms with Crippen LogP contribution in [0.5, 0.6) is 6.01 Å². The van der Waals surface area contributed by atoms with Gasteiger partial charge in [-0.3, -0.25) is 10.2 Å². The molecule has 9 nitrogen and oxygen atoms in total. The third-order valence-electron chi connectivity index (χ3n) is 2.22. The van der Waals surface area contributed by atoms with E-state index in [0.29, 0.717) is 32.1 Å². The molecule has 20 heavy (non-hydrogen) atoms. The van der Waals surface area contributed by atoms with Crippen molar-refractivity contribution in [3.63, 3.8) is 0 Å².